The second-order valence-corrected chi connectivity index (χ2v) is 8.02. The van der Waals surface area contributed by atoms with E-state index < -0.39 is 0 Å². The van der Waals surface area contributed by atoms with E-state index in [4.69, 9.17) is 4.98 Å². The quantitative estimate of drug-likeness (QED) is 0.788. The molecule has 1 aliphatic heterocycles. The first-order valence-electron chi connectivity index (χ1n) is 9.67. The molecular formula is C20H25FN4OS. The van der Waals surface area contributed by atoms with Crippen molar-refractivity contribution in [2.45, 2.75) is 51.2 Å². The molecule has 0 unspecified atom stereocenters. The highest BCUT2D eigenvalue weighted by molar-refractivity contribution is 7.13. The second kappa shape index (κ2) is 7.94. The van der Waals surface area contributed by atoms with Gasteiger partial charge in [-0.05, 0) is 63.4 Å². The number of hydrogen-bond donors (Lipinski definition) is 1. The van der Waals surface area contributed by atoms with Crippen molar-refractivity contribution < 1.29 is 9.18 Å². The number of amides is 1. The van der Waals surface area contributed by atoms with Crippen molar-refractivity contribution in [1.82, 2.24) is 10.3 Å². The van der Waals surface area contributed by atoms with E-state index in [0.29, 0.717) is 18.3 Å². The van der Waals surface area contributed by atoms with E-state index in [0.717, 1.165) is 36.8 Å². The lowest BCUT2D eigenvalue weighted by molar-refractivity contribution is -0.120. The average molecular weight is 389 g/mol. The molecule has 0 spiro atoms. The van der Waals surface area contributed by atoms with E-state index in [9.17, 15) is 9.18 Å². The van der Waals surface area contributed by atoms with E-state index in [-0.39, 0.29) is 17.8 Å². The van der Waals surface area contributed by atoms with Gasteiger partial charge in [0.05, 0.1) is 18.3 Å². The zero-order valence-corrected chi connectivity index (χ0v) is 16.3. The van der Waals surface area contributed by atoms with Crippen LogP contribution in [-0.2, 0) is 11.3 Å². The molecule has 1 aliphatic carbocycles. The van der Waals surface area contributed by atoms with Crippen molar-refractivity contribution in [3.8, 4) is 0 Å². The van der Waals surface area contributed by atoms with Gasteiger partial charge in [-0.3, -0.25) is 4.79 Å². The second-order valence-electron chi connectivity index (χ2n) is 7.19. The SMILES string of the molecule is CCN(c1nc(CN(C(=O)[C@H]2CCCN2)c2ccc(F)cc2)cs1)C1CC1. The number of hydrogen-bond acceptors (Lipinski definition) is 5. The molecule has 1 atom stereocenters. The van der Waals surface area contributed by atoms with Crippen LogP contribution in [-0.4, -0.2) is 36.1 Å². The largest absolute Gasteiger partial charge is 0.345 e. The Morgan fingerprint density at radius 1 is 1.30 bits per heavy atom. The van der Waals surface area contributed by atoms with Gasteiger partial charge in [-0.15, -0.1) is 11.3 Å². The number of aromatic nitrogens is 1. The molecule has 2 heterocycles. The summed E-state index contributed by atoms with van der Waals surface area (Å²) >= 11 is 1.64. The minimum absolute atomic E-state index is 0.0307. The number of halogens is 1. The highest BCUT2D eigenvalue weighted by Gasteiger charge is 2.31. The van der Waals surface area contributed by atoms with Crippen molar-refractivity contribution in [3.63, 3.8) is 0 Å². The Kier molecular flexibility index (Phi) is 5.41. The molecular weight excluding hydrogens is 363 g/mol. The number of nitrogens with zero attached hydrogens (tertiary/aromatic N) is 3. The molecule has 2 aliphatic rings. The van der Waals surface area contributed by atoms with Crippen LogP contribution in [0.2, 0.25) is 0 Å². The standard InChI is InChI=1S/C20H25FN4OS/c1-2-24(16-9-10-16)20-23-15(13-27-20)12-25(17-7-5-14(21)6-8-17)19(26)18-4-3-11-22-18/h5-8,13,16,18,22H,2-4,9-12H2,1H3/t18-/m1/s1. The van der Waals surface area contributed by atoms with E-state index >= 15 is 0 Å². The summed E-state index contributed by atoms with van der Waals surface area (Å²) < 4.78 is 13.4. The summed E-state index contributed by atoms with van der Waals surface area (Å²) in [6, 6.07) is 6.57. The third-order valence-corrected chi connectivity index (χ3v) is 6.12. The maximum absolute atomic E-state index is 13.4. The monoisotopic (exact) mass is 388 g/mol. The Morgan fingerprint density at radius 2 is 2.07 bits per heavy atom. The van der Waals surface area contributed by atoms with Crippen LogP contribution in [0, 0.1) is 5.82 Å². The van der Waals surface area contributed by atoms with Gasteiger partial charge in [0.2, 0.25) is 5.91 Å². The Balaban J connectivity index is 1.56. The van der Waals surface area contributed by atoms with Crippen molar-refractivity contribution in [2.75, 3.05) is 22.9 Å². The summed E-state index contributed by atoms with van der Waals surface area (Å²) in [4.78, 5) is 22.0. The fourth-order valence-corrected chi connectivity index (χ4v) is 4.55. The lowest BCUT2D eigenvalue weighted by Gasteiger charge is -2.25. The van der Waals surface area contributed by atoms with Gasteiger partial charge in [0.15, 0.2) is 5.13 Å². The molecule has 27 heavy (non-hydrogen) atoms. The Bertz CT molecular complexity index is 784. The molecule has 4 rings (SSSR count). The molecule has 2 aromatic rings. The number of thiazole rings is 1. The number of nitrogens with one attached hydrogen (secondary N) is 1. The van der Waals surface area contributed by atoms with Crippen molar-refractivity contribution in [1.29, 1.82) is 0 Å². The highest BCUT2D eigenvalue weighted by atomic mass is 32.1. The van der Waals surface area contributed by atoms with Gasteiger partial charge in [-0.2, -0.15) is 0 Å². The Hall–Kier alpha value is -1.99. The first-order chi connectivity index (χ1) is 13.2. The van der Waals surface area contributed by atoms with E-state index in [2.05, 4.69) is 17.1 Å². The first-order valence-corrected chi connectivity index (χ1v) is 10.5. The molecule has 2 fully saturated rings. The lowest BCUT2D eigenvalue weighted by Crippen LogP contribution is -2.43. The predicted molar refractivity (Wildman–Crippen MR) is 107 cm³/mol. The molecule has 1 amide bonds. The molecule has 0 bridgehead atoms. The van der Waals surface area contributed by atoms with Gasteiger partial charge in [-0.25, -0.2) is 9.37 Å². The molecule has 1 aromatic heterocycles. The van der Waals surface area contributed by atoms with Crippen molar-refractivity contribution >= 4 is 28.1 Å². The molecule has 5 nitrogen and oxygen atoms in total. The van der Waals surface area contributed by atoms with E-state index in [1.54, 1.807) is 28.4 Å². The van der Waals surface area contributed by atoms with E-state index in [1.165, 1.54) is 25.0 Å². The fourth-order valence-electron chi connectivity index (χ4n) is 3.60. The van der Waals surface area contributed by atoms with Crippen LogP contribution in [0.25, 0.3) is 0 Å². The number of carbonyl (C=O) groups is 1. The molecule has 1 aromatic carbocycles. The average Bonchev–Trinajstić information content (AvgIpc) is 3.17. The summed E-state index contributed by atoms with van der Waals surface area (Å²) in [5.74, 6) is -0.271. The molecule has 144 valence electrons. The van der Waals surface area contributed by atoms with Crippen LogP contribution in [0.1, 0.15) is 38.3 Å². The predicted octanol–water partition coefficient (Wildman–Crippen LogP) is 3.56. The van der Waals surface area contributed by atoms with Gasteiger partial charge >= 0.3 is 0 Å². The summed E-state index contributed by atoms with van der Waals surface area (Å²) in [5.41, 5.74) is 1.59. The number of anilines is 2. The zero-order chi connectivity index (χ0) is 18.8. The number of carbonyl (C=O) groups excluding carboxylic acids is 1. The summed E-state index contributed by atoms with van der Waals surface area (Å²) in [7, 11) is 0. The van der Waals surface area contributed by atoms with Gasteiger partial charge in [0.1, 0.15) is 5.82 Å². The van der Waals surface area contributed by atoms with Gasteiger partial charge < -0.3 is 15.1 Å². The van der Waals surface area contributed by atoms with Gasteiger partial charge in [0, 0.05) is 23.7 Å². The summed E-state index contributed by atoms with van der Waals surface area (Å²) in [6.45, 7) is 4.37. The van der Waals surface area contributed by atoms with Crippen LogP contribution in [0.15, 0.2) is 29.6 Å². The first kappa shape index (κ1) is 18.4. The zero-order valence-electron chi connectivity index (χ0n) is 15.5. The molecule has 7 heteroatoms. The van der Waals surface area contributed by atoms with Crippen LogP contribution in [0.3, 0.4) is 0 Å². The van der Waals surface area contributed by atoms with Gasteiger partial charge in [0.25, 0.3) is 0 Å². The normalized spacial score (nSPS) is 19.3. The molecule has 1 saturated carbocycles. The van der Waals surface area contributed by atoms with E-state index in [1.807, 2.05) is 5.38 Å². The van der Waals surface area contributed by atoms with Crippen LogP contribution in [0.4, 0.5) is 15.2 Å². The lowest BCUT2D eigenvalue weighted by atomic mass is 10.1. The maximum Gasteiger partial charge on any atom is 0.244 e. The third-order valence-electron chi connectivity index (χ3n) is 5.20. The smallest absolute Gasteiger partial charge is 0.244 e. The fraction of sp³-hybridized carbons (Fsp3) is 0.500. The summed E-state index contributed by atoms with van der Waals surface area (Å²) in [5, 5.41) is 6.33. The van der Waals surface area contributed by atoms with Crippen molar-refractivity contribution in [2.24, 2.45) is 0 Å². The molecule has 1 N–H and O–H groups in total. The summed E-state index contributed by atoms with van der Waals surface area (Å²) in [6.07, 6.45) is 4.30. The Labute approximate surface area is 163 Å². The van der Waals surface area contributed by atoms with Crippen LogP contribution < -0.4 is 15.1 Å². The number of benzene rings is 1. The van der Waals surface area contributed by atoms with Gasteiger partial charge in [-0.1, -0.05) is 0 Å². The Morgan fingerprint density at radius 3 is 2.70 bits per heavy atom. The topological polar surface area (TPSA) is 48.5 Å². The third kappa shape index (κ3) is 4.14. The van der Waals surface area contributed by atoms with Crippen LogP contribution >= 0.6 is 11.3 Å². The maximum atomic E-state index is 13.4. The minimum atomic E-state index is -0.302. The molecule has 0 radical (unpaired) electrons. The van der Waals surface area contributed by atoms with Crippen molar-refractivity contribution in [3.05, 3.63) is 41.2 Å². The number of rotatable bonds is 7. The minimum Gasteiger partial charge on any atom is -0.345 e. The molecule has 1 saturated heterocycles. The van der Waals surface area contributed by atoms with Crippen LogP contribution in [0.5, 0.6) is 0 Å². The highest BCUT2D eigenvalue weighted by Crippen LogP contribution is 2.33.